The number of aryl methyl sites for hydroxylation is 2. The number of aromatic hydroxyl groups is 4. The Bertz CT molecular complexity index is 710. The summed E-state index contributed by atoms with van der Waals surface area (Å²) in [6.07, 6.45) is 2.10. The number of hydrogen-bond donors (Lipinski definition) is 5. The Morgan fingerprint density at radius 3 is 2.09 bits per heavy atom. The van der Waals surface area contributed by atoms with Crippen molar-refractivity contribution in [2.24, 2.45) is 0 Å². The van der Waals surface area contributed by atoms with Crippen molar-refractivity contribution in [1.82, 2.24) is 5.32 Å². The van der Waals surface area contributed by atoms with Crippen LogP contribution in [0.15, 0.2) is 24.3 Å². The number of rotatable bonds is 0. The highest BCUT2D eigenvalue weighted by atomic mass is 16.3. The highest BCUT2D eigenvalue weighted by Crippen LogP contribution is 2.34. The van der Waals surface area contributed by atoms with Gasteiger partial charge >= 0.3 is 0 Å². The standard InChI is InChI=1S/C17H19NO4/c19-14-4-3-10-1-2-11-7-15(20)16(21)8-12(11)5-6-18-9-13(10)17(14)22/h3-4,7-8,18-22H,1-2,5-6,9H2. The van der Waals surface area contributed by atoms with E-state index < -0.39 is 0 Å². The predicted octanol–water partition coefficient (Wildman–Crippen LogP) is 1.94. The summed E-state index contributed by atoms with van der Waals surface area (Å²) in [5, 5.41) is 42.3. The summed E-state index contributed by atoms with van der Waals surface area (Å²) in [6, 6.07) is 6.53. The molecule has 0 saturated carbocycles. The summed E-state index contributed by atoms with van der Waals surface area (Å²) < 4.78 is 0. The predicted molar refractivity (Wildman–Crippen MR) is 82.4 cm³/mol. The van der Waals surface area contributed by atoms with Gasteiger partial charge in [0.25, 0.3) is 0 Å². The molecule has 22 heavy (non-hydrogen) atoms. The number of hydrogen-bond acceptors (Lipinski definition) is 5. The van der Waals surface area contributed by atoms with E-state index in [9.17, 15) is 20.4 Å². The second kappa shape index (κ2) is 5.77. The van der Waals surface area contributed by atoms with Gasteiger partial charge in [-0.25, -0.2) is 0 Å². The number of nitrogens with one attached hydrogen (secondary N) is 1. The van der Waals surface area contributed by atoms with Crippen molar-refractivity contribution in [1.29, 1.82) is 0 Å². The first-order valence-corrected chi connectivity index (χ1v) is 7.33. The molecule has 0 fully saturated rings. The summed E-state index contributed by atoms with van der Waals surface area (Å²) in [5.41, 5.74) is 3.67. The average Bonchev–Trinajstić information content (AvgIpc) is 2.50. The first-order chi connectivity index (χ1) is 10.6. The summed E-state index contributed by atoms with van der Waals surface area (Å²) in [6.45, 7) is 1.15. The van der Waals surface area contributed by atoms with Crippen LogP contribution in [0.1, 0.15) is 22.3 Å². The van der Waals surface area contributed by atoms with E-state index in [0.29, 0.717) is 31.5 Å². The second-order valence-electron chi connectivity index (χ2n) is 5.61. The topological polar surface area (TPSA) is 93.0 Å². The Morgan fingerprint density at radius 2 is 1.36 bits per heavy atom. The molecule has 0 bridgehead atoms. The van der Waals surface area contributed by atoms with E-state index >= 15 is 0 Å². The highest BCUT2D eigenvalue weighted by molar-refractivity contribution is 5.50. The maximum Gasteiger partial charge on any atom is 0.162 e. The van der Waals surface area contributed by atoms with E-state index in [0.717, 1.165) is 23.1 Å². The molecule has 1 aliphatic rings. The van der Waals surface area contributed by atoms with Crippen molar-refractivity contribution in [3.63, 3.8) is 0 Å². The first-order valence-electron chi connectivity index (χ1n) is 7.33. The van der Waals surface area contributed by atoms with E-state index in [1.54, 1.807) is 12.1 Å². The first kappa shape index (κ1) is 14.5. The second-order valence-corrected chi connectivity index (χ2v) is 5.61. The van der Waals surface area contributed by atoms with Crippen LogP contribution in [-0.4, -0.2) is 27.0 Å². The number of fused-ring (bicyclic) bond motifs is 2. The minimum atomic E-state index is -0.113. The highest BCUT2D eigenvalue weighted by Gasteiger charge is 2.15. The van der Waals surface area contributed by atoms with Crippen LogP contribution >= 0.6 is 0 Å². The van der Waals surface area contributed by atoms with Gasteiger partial charge in [0.05, 0.1) is 0 Å². The quantitative estimate of drug-likeness (QED) is 0.480. The molecule has 0 saturated heterocycles. The molecule has 3 rings (SSSR count). The molecule has 5 N–H and O–H groups in total. The van der Waals surface area contributed by atoms with Crippen LogP contribution in [0.2, 0.25) is 0 Å². The molecule has 0 radical (unpaired) electrons. The van der Waals surface area contributed by atoms with Gasteiger partial charge in [-0.05, 0) is 60.7 Å². The van der Waals surface area contributed by atoms with Crippen molar-refractivity contribution in [3.8, 4) is 23.0 Å². The fraction of sp³-hybridized carbons (Fsp3) is 0.294. The Morgan fingerprint density at radius 1 is 0.727 bits per heavy atom. The molecule has 0 spiro atoms. The molecule has 5 nitrogen and oxygen atoms in total. The molecule has 0 unspecified atom stereocenters. The number of phenols is 4. The lowest BCUT2D eigenvalue weighted by Crippen LogP contribution is -2.20. The van der Waals surface area contributed by atoms with E-state index in [1.807, 2.05) is 6.07 Å². The van der Waals surface area contributed by atoms with Gasteiger partial charge < -0.3 is 25.7 Å². The largest absolute Gasteiger partial charge is 0.504 e. The maximum absolute atomic E-state index is 10.0. The smallest absolute Gasteiger partial charge is 0.162 e. The lowest BCUT2D eigenvalue weighted by Gasteiger charge is -2.18. The Kier molecular flexibility index (Phi) is 3.81. The minimum absolute atomic E-state index is 0.0700. The van der Waals surface area contributed by atoms with Crippen LogP contribution in [0.5, 0.6) is 23.0 Å². The Hall–Kier alpha value is -2.40. The molecule has 2 aromatic rings. The van der Waals surface area contributed by atoms with Gasteiger partial charge in [-0.15, -0.1) is 0 Å². The monoisotopic (exact) mass is 301 g/mol. The zero-order valence-corrected chi connectivity index (χ0v) is 12.1. The number of phenolic OH excluding ortho intramolecular Hbond substituents is 4. The molecule has 1 heterocycles. The third kappa shape index (κ3) is 2.67. The fourth-order valence-electron chi connectivity index (χ4n) is 2.93. The summed E-state index contributed by atoms with van der Waals surface area (Å²) >= 11 is 0. The zero-order valence-electron chi connectivity index (χ0n) is 12.1. The molecule has 0 aromatic heterocycles. The van der Waals surface area contributed by atoms with Crippen molar-refractivity contribution in [2.75, 3.05) is 6.54 Å². The van der Waals surface area contributed by atoms with Gasteiger partial charge in [-0.3, -0.25) is 0 Å². The molecular formula is C17H19NO4. The van der Waals surface area contributed by atoms with Crippen molar-refractivity contribution in [2.45, 2.75) is 25.8 Å². The molecule has 1 aliphatic heterocycles. The van der Waals surface area contributed by atoms with Crippen molar-refractivity contribution >= 4 is 0 Å². The van der Waals surface area contributed by atoms with Crippen LogP contribution < -0.4 is 5.32 Å². The van der Waals surface area contributed by atoms with Crippen LogP contribution in [0.25, 0.3) is 0 Å². The van der Waals surface area contributed by atoms with Crippen molar-refractivity contribution < 1.29 is 20.4 Å². The van der Waals surface area contributed by atoms with Crippen LogP contribution in [0, 0.1) is 0 Å². The average molecular weight is 301 g/mol. The van der Waals surface area contributed by atoms with Crippen LogP contribution in [0.3, 0.4) is 0 Å². The fourth-order valence-corrected chi connectivity index (χ4v) is 2.93. The lowest BCUT2D eigenvalue weighted by atomic mass is 9.93. The maximum atomic E-state index is 10.0. The van der Waals surface area contributed by atoms with Gasteiger partial charge in [0, 0.05) is 12.1 Å². The summed E-state index contributed by atoms with van der Waals surface area (Å²) in [4.78, 5) is 0. The SMILES string of the molecule is Oc1cc2c(cc1O)CCc1ccc(O)c(O)c1CNCC2. The molecule has 0 amide bonds. The van der Waals surface area contributed by atoms with E-state index in [-0.39, 0.29) is 23.0 Å². The molecule has 116 valence electrons. The van der Waals surface area contributed by atoms with Gasteiger partial charge in [0.15, 0.2) is 23.0 Å². The normalized spacial score (nSPS) is 14.9. The lowest BCUT2D eigenvalue weighted by molar-refractivity contribution is 0.396. The molecular weight excluding hydrogens is 282 g/mol. The summed E-state index contributed by atoms with van der Waals surface area (Å²) in [7, 11) is 0. The van der Waals surface area contributed by atoms with Gasteiger partial charge in [0.1, 0.15) is 0 Å². The molecule has 0 atom stereocenters. The van der Waals surface area contributed by atoms with Gasteiger partial charge in [0.2, 0.25) is 0 Å². The third-order valence-electron chi connectivity index (χ3n) is 4.19. The van der Waals surface area contributed by atoms with E-state index in [1.165, 1.54) is 6.07 Å². The van der Waals surface area contributed by atoms with E-state index in [2.05, 4.69) is 5.32 Å². The zero-order chi connectivity index (χ0) is 15.7. The minimum Gasteiger partial charge on any atom is -0.504 e. The summed E-state index contributed by atoms with van der Waals surface area (Å²) in [5.74, 6) is -0.392. The van der Waals surface area contributed by atoms with Crippen LogP contribution in [-0.2, 0) is 25.8 Å². The molecule has 0 aliphatic carbocycles. The van der Waals surface area contributed by atoms with E-state index in [4.69, 9.17) is 0 Å². The Labute approximate surface area is 128 Å². The third-order valence-corrected chi connectivity index (χ3v) is 4.19. The van der Waals surface area contributed by atoms with Crippen molar-refractivity contribution in [3.05, 3.63) is 46.5 Å². The van der Waals surface area contributed by atoms with Gasteiger partial charge in [-0.1, -0.05) is 6.07 Å². The van der Waals surface area contributed by atoms with Gasteiger partial charge in [-0.2, -0.15) is 0 Å². The number of benzene rings is 2. The Balaban J connectivity index is 1.98. The molecule has 5 heteroatoms. The molecule has 2 aromatic carbocycles. The van der Waals surface area contributed by atoms with Crippen LogP contribution in [0.4, 0.5) is 0 Å².